The number of hydrogen-bond acceptors (Lipinski definition) is 2. The van der Waals surface area contributed by atoms with E-state index in [0.717, 1.165) is 12.0 Å². The molecule has 0 aromatic heterocycles. The highest BCUT2D eigenvalue weighted by atomic mass is 15.0. The molecule has 0 aromatic rings. The summed E-state index contributed by atoms with van der Waals surface area (Å²) < 4.78 is 0. The van der Waals surface area contributed by atoms with Crippen LogP contribution >= 0.6 is 0 Å². The van der Waals surface area contributed by atoms with E-state index in [0.29, 0.717) is 0 Å². The molecule has 0 radical (unpaired) electrons. The zero-order valence-corrected chi connectivity index (χ0v) is 6.40. The lowest BCUT2D eigenvalue weighted by Gasteiger charge is -2.16. The molecule has 0 bridgehead atoms. The quantitative estimate of drug-likeness (QED) is 0.549. The maximum Gasteiger partial charge on any atom is 0.0108 e. The molecule has 2 aliphatic rings. The Balaban J connectivity index is 1.85. The van der Waals surface area contributed by atoms with Crippen molar-refractivity contribution in [2.24, 2.45) is 5.92 Å². The smallest absolute Gasteiger partial charge is 0.0108 e. The Kier molecular flexibility index (Phi) is 1.91. The molecule has 2 atom stereocenters. The van der Waals surface area contributed by atoms with Crippen molar-refractivity contribution in [2.75, 3.05) is 19.6 Å². The fourth-order valence-electron chi connectivity index (χ4n) is 2.13. The molecule has 2 unspecified atom stereocenters. The molecule has 0 aromatic carbocycles. The van der Waals surface area contributed by atoms with Gasteiger partial charge in [0, 0.05) is 6.04 Å². The standard InChI is InChI=1S/C8H16N2/c1-2-8(10-4-1)7-3-5-9-6-7/h7-10H,1-6H2. The van der Waals surface area contributed by atoms with E-state index in [1.54, 1.807) is 0 Å². The van der Waals surface area contributed by atoms with E-state index in [1.165, 1.54) is 38.9 Å². The van der Waals surface area contributed by atoms with Gasteiger partial charge in [0.15, 0.2) is 0 Å². The topological polar surface area (TPSA) is 24.1 Å². The Labute approximate surface area is 62.4 Å². The van der Waals surface area contributed by atoms with Crippen LogP contribution in [0.15, 0.2) is 0 Å². The second kappa shape index (κ2) is 2.89. The molecule has 0 spiro atoms. The number of hydrogen-bond donors (Lipinski definition) is 2. The van der Waals surface area contributed by atoms with Gasteiger partial charge in [-0.2, -0.15) is 0 Å². The Bertz CT molecular complexity index is 87.8. The summed E-state index contributed by atoms with van der Waals surface area (Å²) >= 11 is 0. The molecule has 2 rings (SSSR count). The summed E-state index contributed by atoms with van der Waals surface area (Å²) in [6, 6.07) is 0.843. The van der Waals surface area contributed by atoms with Gasteiger partial charge in [0.25, 0.3) is 0 Å². The molecule has 2 heterocycles. The average Bonchev–Trinajstić information content (AvgIpc) is 2.59. The summed E-state index contributed by atoms with van der Waals surface area (Å²) in [5.41, 5.74) is 0. The lowest BCUT2D eigenvalue weighted by atomic mass is 9.98. The molecule has 2 heteroatoms. The van der Waals surface area contributed by atoms with Crippen molar-refractivity contribution in [1.29, 1.82) is 0 Å². The van der Waals surface area contributed by atoms with Crippen LogP contribution in [-0.4, -0.2) is 25.7 Å². The largest absolute Gasteiger partial charge is 0.316 e. The van der Waals surface area contributed by atoms with Crippen molar-refractivity contribution in [3.63, 3.8) is 0 Å². The van der Waals surface area contributed by atoms with Gasteiger partial charge in [-0.05, 0) is 44.8 Å². The van der Waals surface area contributed by atoms with E-state index in [9.17, 15) is 0 Å². The summed E-state index contributed by atoms with van der Waals surface area (Å²) in [4.78, 5) is 0. The van der Waals surface area contributed by atoms with E-state index in [1.807, 2.05) is 0 Å². The third-order valence-corrected chi connectivity index (χ3v) is 2.77. The van der Waals surface area contributed by atoms with Gasteiger partial charge in [-0.3, -0.25) is 0 Å². The summed E-state index contributed by atoms with van der Waals surface area (Å²) in [6.45, 7) is 3.74. The van der Waals surface area contributed by atoms with E-state index >= 15 is 0 Å². The van der Waals surface area contributed by atoms with Gasteiger partial charge < -0.3 is 10.6 Å². The van der Waals surface area contributed by atoms with Gasteiger partial charge in [0.05, 0.1) is 0 Å². The normalized spacial score (nSPS) is 40.8. The number of rotatable bonds is 1. The molecule has 2 saturated heterocycles. The van der Waals surface area contributed by atoms with Crippen LogP contribution in [0.25, 0.3) is 0 Å². The fraction of sp³-hybridized carbons (Fsp3) is 1.00. The van der Waals surface area contributed by atoms with Crippen molar-refractivity contribution >= 4 is 0 Å². The van der Waals surface area contributed by atoms with Gasteiger partial charge in [0.1, 0.15) is 0 Å². The van der Waals surface area contributed by atoms with Gasteiger partial charge in [-0.25, -0.2) is 0 Å². The minimum atomic E-state index is 0.843. The van der Waals surface area contributed by atoms with Crippen molar-refractivity contribution in [1.82, 2.24) is 10.6 Å². The monoisotopic (exact) mass is 140 g/mol. The van der Waals surface area contributed by atoms with Crippen LogP contribution in [0.2, 0.25) is 0 Å². The predicted octanol–water partition coefficient (Wildman–Crippen LogP) is 0.348. The highest BCUT2D eigenvalue weighted by Crippen LogP contribution is 2.19. The highest BCUT2D eigenvalue weighted by Gasteiger charge is 2.26. The van der Waals surface area contributed by atoms with Crippen LogP contribution in [0.3, 0.4) is 0 Å². The molecule has 2 N–H and O–H groups in total. The van der Waals surface area contributed by atoms with Crippen molar-refractivity contribution in [2.45, 2.75) is 25.3 Å². The predicted molar refractivity (Wildman–Crippen MR) is 42.0 cm³/mol. The Hall–Kier alpha value is -0.0800. The lowest BCUT2D eigenvalue weighted by molar-refractivity contribution is 0.419. The highest BCUT2D eigenvalue weighted by molar-refractivity contribution is 4.86. The van der Waals surface area contributed by atoms with Crippen molar-refractivity contribution in [3.05, 3.63) is 0 Å². The summed E-state index contributed by atoms with van der Waals surface area (Å²) in [6.07, 6.45) is 4.19. The minimum Gasteiger partial charge on any atom is -0.316 e. The van der Waals surface area contributed by atoms with E-state index in [-0.39, 0.29) is 0 Å². The second-order valence-electron chi connectivity index (χ2n) is 3.46. The number of nitrogens with one attached hydrogen (secondary N) is 2. The van der Waals surface area contributed by atoms with Crippen molar-refractivity contribution in [3.8, 4) is 0 Å². The summed E-state index contributed by atoms with van der Waals surface area (Å²) in [5.74, 6) is 0.933. The third kappa shape index (κ3) is 1.18. The first-order valence-electron chi connectivity index (χ1n) is 4.41. The van der Waals surface area contributed by atoms with Gasteiger partial charge >= 0.3 is 0 Å². The molecule has 2 nitrogen and oxygen atoms in total. The molecule has 2 fully saturated rings. The van der Waals surface area contributed by atoms with E-state index in [2.05, 4.69) is 10.6 Å². The SMILES string of the molecule is C1CNC(C2CCNC2)C1. The molecular weight excluding hydrogens is 124 g/mol. The van der Waals surface area contributed by atoms with Gasteiger partial charge in [0.2, 0.25) is 0 Å². The summed E-state index contributed by atoms with van der Waals surface area (Å²) in [5, 5.41) is 6.97. The first-order valence-corrected chi connectivity index (χ1v) is 4.41. The zero-order valence-electron chi connectivity index (χ0n) is 6.40. The average molecular weight is 140 g/mol. The minimum absolute atomic E-state index is 0.843. The molecular formula is C8H16N2. The third-order valence-electron chi connectivity index (χ3n) is 2.77. The maximum absolute atomic E-state index is 3.56. The van der Waals surface area contributed by atoms with Crippen LogP contribution in [0.1, 0.15) is 19.3 Å². The molecule has 0 aliphatic carbocycles. The Morgan fingerprint density at radius 1 is 1.10 bits per heavy atom. The fourth-order valence-corrected chi connectivity index (χ4v) is 2.13. The van der Waals surface area contributed by atoms with Gasteiger partial charge in [-0.1, -0.05) is 0 Å². The Morgan fingerprint density at radius 3 is 2.70 bits per heavy atom. The van der Waals surface area contributed by atoms with Gasteiger partial charge in [-0.15, -0.1) is 0 Å². The lowest BCUT2D eigenvalue weighted by Crippen LogP contribution is -2.31. The first kappa shape index (κ1) is 6.62. The van der Waals surface area contributed by atoms with Crippen LogP contribution in [0.4, 0.5) is 0 Å². The van der Waals surface area contributed by atoms with Crippen LogP contribution < -0.4 is 10.6 Å². The van der Waals surface area contributed by atoms with Crippen LogP contribution in [0.5, 0.6) is 0 Å². The van der Waals surface area contributed by atoms with E-state index in [4.69, 9.17) is 0 Å². The second-order valence-corrected chi connectivity index (χ2v) is 3.46. The maximum atomic E-state index is 3.56. The molecule has 10 heavy (non-hydrogen) atoms. The first-order chi connectivity index (χ1) is 4.97. The van der Waals surface area contributed by atoms with Crippen LogP contribution in [-0.2, 0) is 0 Å². The zero-order chi connectivity index (χ0) is 6.81. The Morgan fingerprint density at radius 2 is 2.10 bits per heavy atom. The van der Waals surface area contributed by atoms with E-state index < -0.39 is 0 Å². The summed E-state index contributed by atoms with van der Waals surface area (Å²) in [7, 11) is 0. The van der Waals surface area contributed by atoms with Crippen molar-refractivity contribution < 1.29 is 0 Å². The molecule has 0 saturated carbocycles. The molecule has 58 valence electrons. The molecule has 2 aliphatic heterocycles. The molecule has 0 amide bonds. The van der Waals surface area contributed by atoms with Crippen LogP contribution in [0, 0.1) is 5.92 Å².